The average Bonchev–Trinajstić information content (AvgIpc) is 2.35. The first kappa shape index (κ1) is 16.1. The summed E-state index contributed by atoms with van der Waals surface area (Å²) < 4.78 is 9.65. The van der Waals surface area contributed by atoms with E-state index in [0.29, 0.717) is 4.32 Å². The van der Waals surface area contributed by atoms with Gasteiger partial charge >= 0.3 is 5.97 Å². The molecule has 0 aliphatic carbocycles. The Morgan fingerprint density at radius 1 is 1.29 bits per heavy atom. The van der Waals surface area contributed by atoms with Crippen molar-refractivity contribution in [2.24, 2.45) is 0 Å². The highest BCUT2D eigenvalue weighted by Gasteiger charge is 2.21. The van der Waals surface area contributed by atoms with Gasteiger partial charge in [0.2, 0.25) is 0 Å². The molecular weight excluding hydrogens is 262 g/mol. The minimum atomic E-state index is -0.677. The molecule has 0 radical (unpaired) electrons. The number of hydrogen-bond acceptors (Lipinski definition) is 6. The first-order valence-corrected chi connectivity index (χ1v) is 6.26. The van der Waals surface area contributed by atoms with Crippen LogP contribution in [0.5, 0.6) is 0 Å². The third kappa shape index (κ3) is 4.82. The topological polar surface area (TPSA) is 59.0 Å². The van der Waals surface area contributed by atoms with Crippen LogP contribution in [0.1, 0.15) is 13.8 Å². The van der Waals surface area contributed by atoms with Gasteiger partial charge in [0.05, 0.1) is 14.2 Å². The van der Waals surface area contributed by atoms with E-state index in [4.69, 9.17) is 12.2 Å². The molecule has 0 atom stereocenters. The van der Waals surface area contributed by atoms with E-state index in [1.54, 1.807) is 0 Å². The molecule has 0 spiro atoms. The number of rotatable bonds is 5. The maximum atomic E-state index is 11.4. The van der Waals surface area contributed by atoms with Crippen LogP contribution < -0.4 is 0 Å². The Labute approximate surface area is 111 Å². The van der Waals surface area contributed by atoms with Gasteiger partial charge in [-0.15, -0.1) is 0 Å². The Morgan fingerprint density at radius 2 is 1.82 bits per heavy atom. The van der Waals surface area contributed by atoms with Crippen molar-refractivity contribution in [1.29, 1.82) is 0 Å². The molecule has 17 heavy (non-hydrogen) atoms. The summed E-state index contributed by atoms with van der Waals surface area (Å²) >= 11 is 6.12. The van der Waals surface area contributed by atoms with Crippen molar-refractivity contribution in [2.45, 2.75) is 13.8 Å². The number of nitrogens with zero attached hydrogens (tertiary/aromatic N) is 1. The second kappa shape index (κ2) is 8.19. The second-order valence-corrected chi connectivity index (χ2v) is 4.51. The largest absolute Gasteiger partial charge is 0.480 e. The van der Waals surface area contributed by atoms with Crippen molar-refractivity contribution in [2.75, 3.05) is 27.3 Å². The normalized spacial score (nSPS) is 11.5. The summed E-state index contributed by atoms with van der Waals surface area (Å²) in [5.41, 5.74) is 0. The summed E-state index contributed by atoms with van der Waals surface area (Å²) in [5, 5.41) is 9.45. The Bertz CT molecular complexity index is 313. The molecule has 0 aliphatic rings. The van der Waals surface area contributed by atoms with E-state index in [1.807, 2.05) is 18.7 Å². The van der Waals surface area contributed by atoms with Gasteiger partial charge in [-0.2, -0.15) is 0 Å². The van der Waals surface area contributed by atoms with Crippen LogP contribution in [0.3, 0.4) is 0 Å². The lowest BCUT2D eigenvalue weighted by molar-refractivity contribution is -0.135. The fourth-order valence-corrected chi connectivity index (χ4v) is 2.40. The SMILES string of the molecule is CCN(CC)C(=S)SC(C(=O)OC)=C(O)OC. The molecule has 0 amide bonds. The van der Waals surface area contributed by atoms with Crippen LogP contribution in [0.25, 0.3) is 0 Å². The zero-order chi connectivity index (χ0) is 13.4. The van der Waals surface area contributed by atoms with Gasteiger partial charge in [-0.3, -0.25) is 0 Å². The van der Waals surface area contributed by atoms with Gasteiger partial charge in [-0.1, -0.05) is 12.2 Å². The highest BCUT2D eigenvalue weighted by molar-refractivity contribution is 8.26. The minimum absolute atomic E-state index is 0.0492. The first-order chi connectivity index (χ1) is 8.01. The third-order valence-electron chi connectivity index (χ3n) is 1.97. The van der Waals surface area contributed by atoms with Crippen LogP contribution in [0.4, 0.5) is 0 Å². The molecular formula is C10H17NO4S2. The molecule has 0 saturated heterocycles. The smallest absolute Gasteiger partial charge is 0.352 e. The summed E-state index contributed by atoms with van der Waals surface area (Å²) in [4.78, 5) is 13.3. The Kier molecular flexibility index (Phi) is 7.73. The molecule has 7 heteroatoms. The quantitative estimate of drug-likeness (QED) is 0.357. The molecule has 0 fully saturated rings. The number of carbonyl (C=O) groups excluding carboxylic acids is 1. The summed E-state index contributed by atoms with van der Waals surface area (Å²) in [6, 6.07) is 0. The van der Waals surface area contributed by atoms with Gasteiger partial charge in [0.25, 0.3) is 5.95 Å². The standard InChI is InChI=1S/C10H17NO4S2/c1-5-11(6-2)10(16)17-7(8(12)14-3)9(13)15-4/h12H,5-6H2,1-4H3. The van der Waals surface area contributed by atoms with E-state index in [-0.39, 0.29) is 4.91 Å². The Morgan fingerprint density at radius 3 is 2.18 bits per heavy atom. The van der Waals surface area contributed by atoms with Crippen LogP contribution in [0, 0.1) is 0 Å². The van der Waals surface area contributed by atoms with Crippen LogP contribution in [0.2, 0.25) is 0 Å². The fourth-order valence-electron chi connectivity index (χ4n) is 0.992. The van der Waals surface area contributed by atoms with Gasteiger partial charge in [0, 0.05) is 13.1 Å². The molecule has 0 saturated carbocycles. The number of aliphatic hydroxyl groups excluding tert-OH is 1. The van der Waals surface area contributed by atoms with Crippen molar-refractivity contribution in [3.63, 3.8) is 0 Å². The number of hydrogen-bond donors (Lipinski definition) is 1. The molecule has 0 aromatic rings. The van der Waals surface area contributed by atoms with Gasteiger partial charge in [-0.05, 0) is 25.6 Å². The predicted octanol–water partition coefficient (Wildman–Crippen LogP) is 1.89. The van der Waals surface area contributed by atoms with E-state index in [0.717, 1.165) is 24.9 Å². The number of thiocarbonyl (C=S) groups is 1. The van der Waals surface area contributed by atoms with Crippen molar-refractivity contribution in [3.05, 3.63) is 10.9 Å². The van der Waals surface area contributed by atoms with E-state index in [2.05, 4.69) is 9.47 Å². The van der Waals surface area contributed by atoms with Gasteiger partial charge in [0.15, 0.2) is 4.91 Å². The monoisotopic (exact) mass is 279 g/mol. The lowest BCUT2D eigenvalue weighted by Gasteiger charge is -2.21. The first-order valence-electron chi connectivity index (χ1n) is 5.04. The Balaban J connectivity index is 4.90. The molecule has 1 N–H and O–H groups in total. The highest BCUT2D eigenvalue weighted by atomic mass is 32.2. The lowest BCUT2D eigenvalue weighted by atomic mass is 10.6. The molecule has 0 heterocycles. The van der Waals surface area contributed by atoms with Gasteiger partial charge < -0.3 is 19.5 Å². The van der Waals surface area contributed by atoms with Gasteiger partial charge in [-0.25, -0.2) is 4.79 Å². The van der Waals surface area contributed by atoms with E-state index in [9.17, 15) is 9.90 Å². The highest BCUT2D eigenvalue weighted by Crippen LogP contribution is 2.24. The Hall–Kier alpha value is -0.950. The number of ether oxygens (including phenoxy) is 2. The zero-order valence-corrected chi connectivity index (χ0v) is 12.0. The fraction of sp³-hybridized carbons (Fsp3) is 0.600. The second-order valence-electron chi connectivity index (χ2n) is 2.87. The molecule has 0 aromatic carbocycles. The maximum absolute atomic E-state index is 11.4. The number of thioether (sulfide) groups is 1. The van der Waals surface area contributed by atoms with E-state index >= 15 is 0 Å². The predicted molar refractivity (Wildman–Crippen MR) is 71.8 cm³/mol. The lowest BCUT2D eigenvalue weighted by Crippen LogP contribution is -2.27. The van der Waals surface area contributed by atoms with Crippen LogP contribution in [-0.2, 0) is 14.3 Å². The molecule has 0 aromatic heterocycles. The van der Waals surface area contributed by atoms with Crippen molar-refractivity contribution >= 4 is 34.3 Å². The van der Waals surface area contributed by atoms with Gasteiger partial charge in [0.1, 0.15) is 4.32 Å². The number of esters is 1. The summed E-state index contributed by atoms with van der Waals surface area (Å²) in [6.45, 7) is 5.36. The minimum Gasteiger partial charge on any atom is -0.480 e. The number of aliphatic hydroxyl groups is 1. The summed E-state index contributed by atoms with van der Waals surface area (Å²) in [7, 11) is 2.49. The molecule has 0 aliphatic heterocycles. The number of carbonyl (C=O) groups is 1. The molecule has 98 valence electrons. The molecule has 0 unspecified atom stereocenters. The van der Waals surface area contributed by atoms with Crippen molar-refractivity contribution in [1.82, 2.24) is 4.90 Å². The van der Waals surface area contributed by atoms with Crippen molar-refractivity contribution in [3.8, 4) is 0 Å². The van der Waals surface area contributed by atoms with Crippen molar-refractivity contribution < 1.29 is 19.4 Å². The maximum Gasteiger partial charge on any atom is 0.352 e. The van der Waals surface area contributed by atoms with Crippen LogP contribution in [-0.4, -0.2) is 47.6 Å². The summed E-state index contributed by atoms with van der Waals surface area (Å²) in [5.74, 6) is -1.17. The third-order valence-corrected chi connectivity index (χ3v) is 3.46. The van der Waals surface area contributed by atoms with E-state index in [1.165, 1.54) is 14.2 Å². The molecule has 0 bridgehead atoms. The molecule has 0 rings (SSSR count). The summed E-state index contributed by atoms with van der Waals surface area (Å²) in [6.07, 6.45) is 0. The number of methoxy groups -OCH3 is 2. The van der Waals surface area contributed by atoms with Crippen LogP contribution in [0.15, 0.2) is 10.9 Å². The molecule has 5 nitrogen and oxygen atoms in total. The van der Waals surface area contributed by atoms with E-state index < -0.39 is 11.9 Å². The average molecular weight is 279 g/mol. The zero-order valence-electron chi connectivity index (χ0n) is 10.3. The van der Waals surface area contributed by atoms with Crippen LogP contribution >= 0.6 is 24.0 Å².